The Morgan fingerprint density at radius 1 is 1.04 bits per heavy atom. The molecule has 5 heteroatoms. The van der Waals surface area contributed by atoms with Crippen LogP contribution in [-0.4, -0.2) is 84.5 Å². The van der Waals surface area contributed by atoms with Crippen LogP contribution in [0, 0.1) is 5.92 Å². The predicted molar refractivity (Wildman–Crippen MR) is 103 cm³/mol. The minimum absolute atomic E-state index is 0.00819. The van der Waals surface area contributed by atoms with Crippen LogP contribution in [-0.2, 0) is 4.79 Å². The highest BCUT2D eigenvalue weighted by molar-refractivity contribution is 5.77. The highest BCUT2D eigenvalue weighted by Crippen LogP contribution is 2.33. The van der Waals surface area contributed by atoms with E-state index in [0.717, 1.165) is 58.5 Å². The Balaban J connectivity index is 1.59. The van der Waals surface area contributed by atoms with Gasteiger partial charge < -0.3 is 15.1 Å². The number of carbonyl (C=O) groups is 1. The zero-order valence-corrected chi connectivity index (χ0v) is 16.6. The van der Waals surface area contributed by atoms with E-state index in [0.29, 0.717) is 17.9 Å². The third kappa shape index (κ3) is 5.41. The summed E-state index contributed by atoms with van der Waals surface area (Å²) in [5.41, 5.74) is -0.00819. The summed E-state index contributed by atoms with van der Waals surface area (Å²) < 4.78 is 0. The molecule has 1 aliphatic carbocycles. The lowest BCUT2D eigenvalue weighted by Crippen LogP contribution is -2.62. The molecule has 3 fully saturated rings. The first-order chi connectivity index (χ1) is 12.0. The number of hydrogen-bond acceptors (Lipinski definition) is 4. The number of likely N-dealkylation sites (tertiary alicyclic amines) is 1. The molecule has 3 rings (SSSR count). The molecule has 0 aromatic rings. The van der Waals surface area contributed by atoms with E-state index < -0.39 is 0 Å². The average molecular weight is 351 g/mol. The quantitative estimate of drug-likeness (QED) is 0.760. The fraction of sp³-hybridized carbons (Fsp3) is 0.950. The molecule has 0 aromatic carbocycles. The number of likely N-dealkylation sites (N-methyl/N-ethyl adjacent to an activating group) is 1. The fourth-order valence-corrected chi connectivity index (χ4v) is 4.41. The monoisotopic (exact) mass is 350 g/mol. The Morgan fingerprint density at radius 2 is 1.64 bits per heavy atom. The number of nitrogens with zero attached hydrogens (tertiary/aromatic N) is 3. The summed E-state index contributed by atoms with van der Waals surface area (Å²) in [7, 11) is 0. The van der Waals surface area contributed by atoms with Crippen LogP contribution in [0.3, 0.4) is 0 Å². The molecule has 25 heavy (non-hydrogen) atoms. The molecule has 144 valence electrons. The topological polar surface area (TPSA) is 38.8 Å². The molecule has 2 aliphatic heterocycles. The van der Waals surface area contributed by atoms with Crippen molar-refractivity contribution in [3.05, 3.63) is 0 Å². The maximum atomic E-state index is 12.6. The van der Waals surface area contributed by atoms with Gasteiger partial charge in [-0.05, 0) is 52.0 Å². The van der Waals surface area contributed by atoms with Gasteiger partial charge in [0.25, 0.3) is 0 Å². The molecule has 0 radical (unpaired) electrons. The van der Waals surface area contributed by atoms with Crippen LogP contribution in [0.5, 0.6) is 0 Å². The Kier molecular flexibility index (Phi) is 6.39. The molecule has 0 unspecified atom stereocenters. The van der Waals surface area contributed by atoms with E-state index in [9.17, 15) is 4.79 Å². The summed E-state index contributed by atoms with van der Waals surface area (Å²) in [5, 5.41) is 3.51. The standard InChI is InChI=1S/C20H38N4O/c1-4-22-11-13-23(14-12-22)16-20(21-19(25)15-18-5-6-18)7-9-24(10-8-20)17(2)3/h17-18H,4-16H2,1-3H3,(H,21,25). The van der Waals surface area contributed by atoms with Crippen molar-refractivity contribution in [1.82, 2.24) is 20.0 Å². The molecule has 0 bridgehead atoms. The molecule has 1 saturated carbocycles. The van der Waals surface area contributed by atoms with Crippen molar-refractivity contribution >= 4 is 5.91 Å². The first kappa shape index (κ1) is 19.1. The smallest absolute Gasteiger partial charge is 0.220 e. The molecule has 5 nitrogen and oxygen atoms in total. The zero-order valence-electron chi connectivity index (χ0n) is 16.6. The third-order valence-electron chi connectivity index (χ3n) is 6.50. The van der Waals surface area contributed by atoms with Gasteiger partial charge in [0.15, 0.2) is 0 Å². The summed E-state index contributed by atoms with van der Waals surface area (Å²) in [4.78, 5) is 20.2. The molecule has 0 aromatic heterocycles. The van der Waals surface area contributed by atoms with E-state index in [4.69, 9.17) is 0 Å². The summed E-state index contributed by atoms with van der Waals surface area (Å²) in [6.07, 6.45) is 5.44. The molecular weight excluding hydrogens is 312 g/mol. The number of carbonyl (C=O) groups excluding carboxylic acids is 1. The van der Waals surface area contributed by atoms with Crippen molar-refractivity contribution in [2.45, 2.75) is 64.5 Å². The number of piperazine rings is 1. The van der Waals surface area contributed by atoms with E-state index in [1.54, 1.807) is 0 Å². The van der Waals surface area contributed by atoms with Gasteiger partial charge in [-0.1, -0.05) is 6.92 Å². The molecule has 3 aliphatic rings. The first-order valence-electron chi connectivity index (χ1n) is 10.5. The lowest BCUT2D eigenvalue weighted by Gasteiger charge is -2.47. The lowest BCUT2D eigenvalue weighted by atomic mass is 9.85. The second kappa shape index (κ2) is 8.36. The SMILES string of the molecule is CCN1CCN(CC2(NC(=O)CC3CC3)CCN(C(C)C)CC2)CC1. The third-order valence-corrected chi connectivity index (χ3v) is 6.50. The summed E-state index contributed by atoms with van der Waals surface area (Å²) in [5.74, 6) is 0.966. The maximum Gasteiger partial charge on any atom is 0.220 e. The van der Waals surface area contributed by atoms with Gasteiger partial charge in [0.1, 0.15) is 0 Å². The summed E-state index contributed by atoms with van der Waals surface area (Å²) >= 11 is 0. The van der Waals surface area contributed by atoms with Crippen LogP contribution in [0.25, 0.3) is 0 Å². The highest BCUT2D eigenvalue weighted by Gasteiger charge is 2.39. The van der Waals surface area contributed by atoms with Crippen LogP contribution >= 0.6 is 0 Å². The van der Waals surface area contributed by atoms with Crippen molar-refractivity contribution in [3.63, 3.8) is 0 Å². The molecule has 1 amide bonds. The summed E-state index contributed by atoms with van der Waals surface area (Å²) in [6.45, 7) is 15.8. The van der Waals surface area contributed by atoms with Crippen molar-refractivity contribution in [2.24, 2.45) is 5.92 Å². The van der Waals surface area contributed by atoms with Gasteiger partial charge in [-0.25, -0.2) is 0 Å². The van der Waals surface area contributed by atoms with E-state index in [1.165, 1.54) is 25.9 Å². The second-order valence-corrected chi connectivity index (χ2v) is 8.82. The van der Waals surface area contributed by atoms with E-state index >= 15 is 0 Å². The molecule has 2 saturated heterocycles. The number of amides is 1. The molecule has 1 N–H and O–H groups in total. The Labute approximate surface area is 154 Å². The van der Waals surface area contributed by atoms with Crippen LogP contribution in [0.2, 0.25) is 0 Å². The largest absolute Gasteiger partial charge is 0.349 e. The van der Waals surface area contributed by atoms with Gasteiger partial charge in [0.2, 0.25) is 5.91 Å². The van der Waals surface area contributed by atoms with Crippen molar-refractivity contribution in [1.29, 1.82) is 0 Å². The number of piperidine rings is 1. The highest BCUT2D eigenvalue weighted by atomic mass is 16.1. The Bertz CT molecular complexity index is 433. The van der Waals surface area contributed by atoms with Gasteiger partial charge in [0, 0.05) is 58.3 Å². The lowest BCUT2D eigenvalue weighted by molar-refractivity contribution is -0.124. The molecule has 2 heterocycles. The van der Waals surface area contributed by atoms with Crippen molar-refractivity contribution < 1.29 is 4.79 Å². The van der Waals surface area contributed by atoms with Gasteiger partial charge in [-0.2, -0.15) is 0 Å². The Hall–Kier alpha value is -0.650. The number of nitrogens with one attached hydrogen (secondary N) is 1. The molecule has 0 spiro atoms. The van der Waals surface area contributed by atoms with Gasteiger partial charge in [0.05, 0.1) is 5.54 Å². The van der Waals surface area contributed by atoms with Crippen LogP contribution in [0.15, 0.2) is 0 Å². The molecular formula is C20H38N4O. The van der Waals surface area contributed by atoms with Crippen molar-refractivity contribution in [2.75, 3.05) is 52.4 Å². The Morgan fingerprint density at radius 3 is 2.16 bits per heavy atom. The minimum atomic E-state index is -0.00819. The zero-order chi connectivity index (χ0) is 17.9. The fourth-order valence-electron chi connectivity index (χ4n) is 4.41. The van der Waals surface area contributed by atoms with Crippen LogP contribution < -0.4 is 5.32 Å². The van der Waals surface area contributed by atoms with Crippen LogP contribution in [0.4, 0.5) is 0 Å². The van der Waals surface area contributed by atoms with Crippen LogP contribution in [0.1, 0.15) is 52.9 Å². The number of rotatable bonds is 7. The van der Waals surface area contributed by atoms with Gasteiger partial charge >= 0.3 is 0 Å². The van der Waals surface area contributed by atoms with Gasteiger partial charge in [-0.15, -0.1) is 0 Å². The maximum absolute atomic E-state index is 12.6. The van der Waals surface area contributed by atoms with Crippen molar-refractivity contribution in [3.8, 4) is 0 Å². The van der Waals surface area contributed by atoms with E-state index in [-0.39, 0.29) is 5.54 Å². The first-order valence-corrected chi connectivity index (χ1v) is 10.5. The van der Waals surface area contributed by atoms with E-state index in [2.05, 4.69) is 40.8 Å². The normalized spacial score (nSPS) is 26.1. The van der Waals surface area contributed by atoms with Gasteiger partial charge in [-0.3, -0.25) is 9.69 Å². The summed E-state index contributed by atoms with van der Waals surface area (Å²) in [6, 6.07) is 0.605. The molecule has 0 atom stereocenters. The average Bonchev–Trinajstić information content (AvgIpc) is 3.39. The second-order valence-electron chi connectivity index (χ2n) is 8.82. The predicted octanol–water partition coefficient (Wildman–Crippen LogP) is 1.78. The number of hydrogen-bond donors (Lipinski definition) is 1. The minimum Gasteiger partial charge on any atom is -0.349 e. The van der Waals surface area contributed by atoms with E-state index in [1.807, 2.05) is 0 Å².